The van der Waals surface area contributed by atoms with Gasteiger partial charge < -0.3 is 18.9 Å². The van der Waals surface area contributed by atoms with Gasteiger partial charge in [0.25, 0.3) is 0 Å². The lowest BCUT2D eigenvalue weighted by Crippen LogP contribution is -2.14. The van der Waals surface area contributed by atoms with Crippen LogP contribution in [0, 0.1) is 23.7 Å². The van der Waals surface area contributed by atoms with Crippen LogP contribution < -0.4 is 9.47 Å². The number of benzene rings is 2. The van der Waals surface area contributed by atoms with Crippen LogP contribution in [0.25, 0.3) is 56.7 Å². The molecule has 1 aliphatic heterocycles. The summed E-state index contributed by atoms with van der Waals surface area (Å²) in [7, 11) is 0. The lowest BCUT2D eigenvalue weighted by atomic mass is 9.99. The molecule has 8 aromatic rings. The molecule has 0 bridgehead atoms. The Labute approximate surface area is 359 Å². The summed E-state index contributed by atoms with van der Waals surface area (Å²) in [6.07, 6.45) is 7.01. The lowest BCUT2D eigenvalue weighted by molar-refractivity contribution is 0.0271. The van der Waals surface area contributed by atoms with E-state index >= 15 is 0 Å². The van der Waals surface area contributed by atoms with E-state index in [9.17, 15) is 0 Å². The zero-order valence-electron chi connectivity index (χ0n) is 33.6. The maximum Gasteiger partial charge on any atom is 0.128 e. The van der Waals surface area contributed by atoms with Crippen LogP contribution >= 0.6 is 0 Å². The van der Waals surface area contributed by atoms with E-state index in [0.717, 1.165) is 56.2 Å². The fraction of sp³-hybridized carbons (Fsp3) is 0.115. The fourth-order valence-corrected chi connectivity index (χ4v) is 6.70. The second-order valence-electron chi connectivity index (χ2n) is 14.0. The number of ether oxygens (including phenoxy) is 4. The van der Waals surface area contributed by atoms with Crippen molar-refractivity contribution in [2.45, 2.75) is 0 Å². The first-order chi connectivity index (χ1) is 30.7. The molecule has 0 saturated carbocycles. The van der Waals surface area contributed by atoms with Crippen molar-refractivity contribution in [1.82, 2.24) is 29.9 Å². The Morgan fingerprint density at radius 2 is 0.661 bits per heavy atom. The minimum atomic E-state index is 0.335. The van der Waals surface area contributed by atoms with Gasteiger partial charge in [0.05, 0.1) is 72.0 Å². The van der Waals surface area contributed by atoms with Crippen molar-refractivity contribution in [1.29, 1.82) is 0 Å². The molecule has 2 aromatic carbocycles. The highest BCUT2D eigenvalue weighted by Gasteiger charge is 2.16. The van der Waals surface area contributed by atoms with Crippen LogP contribution in [0.5, 0.6) is 11.5 Å². The van der Waals surface area contributed by atoms with Crippen molar-refractivity contribution < 1.29 is 18.9 Å². The second kappa shape index (κ2) is 19.4. The molecule has 1 aliphatic rings. The van der Waals surface area contributed by atoms with E-state index in [0.29, 0.717) is 73.9 Å². The number of nitrogens with zero attached hydrogens (tertiary/aromatic N) is 6. The largest absolute Gasteiger partial charge is 0.490 e. The lowest BCUT2D eigenvalue weighted by Gasteiger charge is -2.17. The van der Waals surface area contributed by atoms with Gasteiger partial charge in [-0.2, -0.15) is 0 Å². The number of aromatic nitrogens is 6. The molecule has 0 aliphatic carbocycles. The Bertz CT molecular complexity index is 2610. The summed E-state index contributed by atoms with van der Waals surface area (Å²) in [5, 5.41) is 0. The highest BCUT2D eigenvalue weighted by atomic mass is 16.6. The first-order valence-corrected chi connectivity index (χ1v) is 20.2. The third-order valence-corrected chi connectivity index (χ3v) is 9.66. The van der Waals surface area contributed by atoms with Crippen LogP contribution in [0.4, 0.5) is 0 Å². The molecule has 10 heteroatoms. The van der Waals surface area contributed by atoms with E-state index in [1.54, 1.807) is 24.8 Å². The fourth-order valence-electron chi connectivity index (χ4n) is 6.70. The maximum absolute atomic E-state index is 6.41. The summed E-state index contributed by atoms with van der Waals surface area (Å²) in [5.41, 5.74) is 10.6. The predicted molar refractivity (Wildman–Crippen MR) is 238 cm³/mol. The first-order valence-electron chi connectivity index (χ1n) is 20.2. The molecule has 0 atom stereocenters. The Morgan fingerprint density at radius 1 is 0.323 bits per heavy atom. The third kappa shape index (κ3) is 9.87. The van der Waals surface area contributed by atoms with Crippen LogP contribution in [0.2, 0.25) is 0 Å². The normalized spacial score (nSPS) is 12.6. The molecular formula is C52H38N6O4. The summed E-state index contributed by atoms with van der Waals surface area (Å²) in [5.74, 6) is 14.7. The second-order valence-corrected chi connectivity index (χ2v) is 14.0. The Kier molecular flexibility index (Phi) is 12.3. The van der Waals surface area contributed by atoms with Gasteiger partial charge in [0, 0.05) is 58.2 Å². The van der Waals surface area contributed by atoms with Crippen molar-refractivity contribution in [2.75, 3.05) is 39.6 Å². The third-order valence-electron chi connectivity index (χ3n) is 9.66. The zero-order valence-corrected chi connectivity index (χ0v) is 33.6. The maximum atomic E-state index is 6.41. The molecule has 0 saturated heterocycles. The topological polar surface area (TPSA) is 114 Å². The van der Waals surface area contributed by atoms with Gasteiger partial charge in [-0.3, -0.25) is 19.9 Å². The minimum Gasteiger partial charge on any atom is -0.490 e. The highest BCUT2D eigenvalue weighted by Crippen LogP contribution is 2.38. The van der Waals surface area contributed by atoms with E-state index < -0.39 is 0 Å². The molecule has 10 nitrogen and oxygen atoms in total. The van der Waals surface area contributed by atoms with Crippen LogP contribution in [-0.2, 0) is 9.47 Å². The van der Waals surface area contributed by atoms with Gasteiger partial charge in [-0.05, 0) is 109 Å². The molecule has 0 unspecified atom stereocenters. The standard InChI is InChI=1S/C52H38N6O4/c1-5-21-53-43(9-1)47-31-39(32-48(57-47)44-10-2-6-22-54-44)15-13-37-17-19-41-42-20-18-38(36-52(42)62-30-28-60-26-25-59-27-29-61-51(41)35-37)14-16-40-33-49(45-11-3-7-23-55-45)58-50(34-40)46-12-4-8-24-56-46/h1-12,17-24,31-36H,25-30H2. The molecule has 0 N–H and O–H groups in total. The van der Waals surface area contributed by atoms with Crippen LogP contribution in [0.1, 0.15) is 22.3 Å². The van der Waals surface area contributed by atoms with E-state index in [1.165, 1.54) is 0 Å². The SMILES string of the molecule is C(#Cc1ccc2c(c1)OCCOCCOCCOc1cc(C#Cc3cc(-c4ccccn4)nc(-c4ccccn4)c3)ccc1-2)c1cc(-c2ccccn2)nc(-c2ccccn2)c1. The molecule has 9 rings (SSSR count). The summed E-state index contributed by atoms with van der Waals surface area (Å²) in [4.78, 5) is 27.9. The van der Waals surface area contributed by atoms with Crippen LogP contribution in [0.15, 0.2) is 158 Å². The van der Waals surface area contributed by atoms with Crippen molar-refractivity contribution in [3.8, 4) is 91.9 Å². The van der Waals surface area contributed by atoms with E-state index in [-0.39, 0.29) is 0 Å². The number of fused-ring (bicyclic) bond motifs is 3. The predicted octanol–water partition coefficient (Wildman–Crippen LogP) is 9.00. The summed E-state index contributed by atoms with van der Waals surface area (Å²) in [6.45, 7) is 2.37. The molecule has 0 amide bonds. The molecule has 0 radical (unpaired) electrons. The van der Waals surface area contributed by atoms with E-state index in [2.05, 4.69) is 43.6 Å². The summed E-state index contributed by atoms with van der Waals surface area (Å²) in [6, 6.07) is 42.7. The van der Waals surface area contributed by atoms with Crippen molar-refractivity contribution in [2.24, 2.45) is 0 Å². The summed E-state index contributed by atoms with van der Waals surface area (Å²) < 4.78 is 24.4. The van der Waals surface area contributed by atoms with Gasteiger partial charge in [0.1, 0.15) is 24.7 Å². The van der Waals surface area contributed by atoms with Gasteiger partial charge in [-0.25, -0.2) is 9.97 Å². The number of rotatable bonds is 4. The van der Waals surface area contributed by atoms with Crippen molar-refractivity contribution in [3.05, 3.63) is 181 Å². The molecule has 6 aromatic heterocycles. The van der Waals surface area contributed by atoms with Crippen molar-refractivity contribution >= 4 is 0 Å². The van der Waals surface area contributed by atoms with Crippen molar-refractivity contribution in [3.63, 3.8) is 0 Å². The molecule has 0 spiro atoms. The van der Waals surface area contributed by atoms with Crippen LogP contribution in [0.3, 0.4) is 0 Å². The quantitative estimate of drug-likeness (QED) is 0.160. The van der Waals surface area contributed by atoms with Gasteiger partial charge in [-0.1, -0.05) is 47.9 Å². The Morgan fingerprint density at radius 3 is 1.00 bits per heavy atom. The molecular weight excluding hydrogens is 773 g/mol. The van der Waals surface area contributed by atoms with E-state index in [4.69, 9.17) is 28.9 Å². The average molecular weight is 811 g/mol. The molecule has 0 fully saturated rings. The highest BCUT2D eigenvalue weighted by molar-refractivity contribution is 5.78. The van der Waals surface area contributed by atoms with E-state index in [1.807, 2.05) is 133 Å². The van der Waals surface area contributed by atoms with Crippen LogP contribution in [-0.4, -0.2) is 69.5 Å². The average Bonchev–Trinajstić information content (AvgIpc) is 3.34. The Balaban J connectivity index is 1.07. The number of pyridine rings is 6. The molecule has 7 heterocycles. The smallest absolute Gasteiger partial charge is 0.128 e. The number of hydrogen-bond acceptors (Lipinski definition) is 10. The Hall–Kier alpha value is -8.02. The summed E-state index contributed by atoms with van der Waals surface area (Å²) >= 11 is 0. The van der Waals surface area contributed by atoms with Gasteiger partial charge >= 0.3 is 0 Å². The number of hydrogen-bond donors (Lipinski definition) is 0. The first kappa shape index (κ1) is 39.4. The monoisotopic (exact) mass is 810 g/mol. The zero-order chi connectivity index (χ0) is 41.8. The molecule has 62 heavy (non-hydrogen) atoms. The van der Waals surface area contributed by atoms with Gasteiger partial charge in [-0.15, -0.1) is 0 Å². The van der Waals surface area contributed by atoms with Gasteiger partial charge in [0.15, 0.2) is 0 Å². The minimum absolute atomic E-state index is 0.335. The molecule has 300 valence electrons. The van der Waals surface area contributed by atoms with Gasteiger partial charge in [0.2, 0.25) is 0 Å².